The first-order chi connectivity index (χ1) is 3.41. The second-order valence-corrected chi connectivity index (χ2v) is 0.995. The second kappa shape index (κ2) is 4.89. The van der Waals surface area contributed by atoms with Gasteiger partial charge in [-0.25, -0.2) is 0 Å². The third-order valence-corrected chi connectivity index (χ3v) is 0. The van der Waals surface area contributed by atoms with Gasteiger partial charge in [0, 0.05) is 0 Å². The fourth-order valence-electron chi connectivity index (χ4n) is 0. The van der Waals surface area contributed by atoms with Gasteiger partial charge < -0.3 is 23.0 Å². The fourth-order valence-corrected chi connectivity index (χ4v) is 0. The van der Waals surface area contributed by atoms with Crippen LogP contribution in [-0.2, 0) is 0 Å². The maximum atomic E-state index is 9.75. The predicted molar refractivity (Wildman–Crippen MR) is 23.6 cm³/mol. The Morgan fingerprint density at radius 2 is 1.25 bits per heavy atom. The molecular weight excluding hydrogens is 125 g/mol. The molecule has 0 bridgehead atoms. The summed E-state index contributed by atoms with van der Waals surface area (Å²) >= 11 is 0. The van der Waals surface area contributed by atoms with Gasteiger partial charge in [-0.05, 0) is 6.92 Å². The van der Waals surface area contributed by atoms with Crippen LogP contribution in [0.4, 0.5) is 17.3 Å². The lowest BCUT2D eigenvalue weighted by molar-refractivity contribution is -0.361. The van der Waals surface area contributed by atoms with Crippen molar-refractivity contribution in [1.82, 2.24) is 0 Å². The molecule has 0 amide bonds. The first-order valence-corrected chi connectivity index (χ1v) is 2.08. The third kappa shape index (κ3) is 1990. The number of hydrogen-bond donors (Lipinski definition) is 1. The van der Waals surface area contributed by atoms with Crippen molar-refractivity contribution in [2.75, 3.05) is 6.54 Å². The van der Waals surface area contributed by atoms with Gasteiger partial charge in [-0.3, -0.25) is 0 Å². The van der Waals surface area contributed by atoms with Gasteiger partial charge >= 0.3 is 7.25 Å². The van der Waals surface area contributed by atoms with Crippen molar-refractivity contribution in [3.05, 3.63) is 0 Å². The van der Waals surface area contributed by atoms with Crippen LogP contribution in [0.15, 0.2) is 0 Å². The van der Waals surface area contributed by atoms with Crippen LogP contribution < -0.4 is 5.73 Å². The Labute approximate surface area is 45.0 Å². The highest BCUT2D eigenvalue weighted by atomic mass is 19.5. The van der Waals surface area contributed by atoms with E-state index in [9.17, 15) is 17.3 Å². The molecule has 0 rings (SSSR count). The SMILES string of the molecule is CC[NH3+].F[B-](F)(F)F. The molecule has 0 radical (unpaired) electrons. The Morgan fingerprint density at radius 3 is 1.25 bits per heavy atom. The van der Waals surface area contributed by atoms with Gasteiger partial charge in [0.1, 0.15) is 0 Å². The number of hydrogen-bond acceptors (Lipinski definition) is 0. The van der Waals surface area contributed by atoms with E-state index < -0.39 is 7.25 Å². The predicted octanol–water partition coefficient (Wildman–Crippen LogP) is 0.548. The minimum atomic E-state index is -6.00. The Hall–Kier alpha value is -0.255. The summed E-state index contributed by atoms with van der Waals surface area (Å²) in [6.45, 7) is 3.01. The van der Waals surface area contributed by atoms with Crippen LogP contribution >= 0.6 is 0 Å². The lowest BCUT2D eigenvalue weighted by Crippen LogP contribution is -2.48. The molecule has 0 heterocycles. The zero-order chi connectivity index (χ0) is 7.21. The molecule has 0 atom stereocenters. The molecule has 0 aliphatic rings. The fraction of sp³-hybridized carbons (Fsp3) is 1.00. The molecule has 0 aliphatic carbocycles. The number of rotatable bonds is 0. The molecule has 0 fully saturated rings. The molecule has 52 valence electrons. The van der Waals surface area contributed by atoms with Gasteiger partial charge in [0.2, 0.25) is 0 Å². The van der Waals surface area contributed by atoms with Crippen molar-refractivity contribution < 1.29 is 23.0 Å². The summed E-state index contributed by atoms with van der Waals surface area (Å²) in [5, 5.41) is 0. The van der Waals surface area contributed by atoms with Crippen molar-refractivity contribution in [2.24, 2.45) is 0 Å². The van der Waals surface area contributed by atoms with E-state index in [0.29, 0.717) is 0 Å². The molecule has 0 aliphatic heterocycles. The Morgan fingerprint density at radius 1 is 1.25 bits per heavy atom. The number of quaternary nitrogens is 1. The Balaban J connectivity index is 0. The molecular formula is C2H8BF4N. The molecule has 0 saturated carbocycles. The molecule has 1 nitrogen and oxygen atoms in total. The zero-order valence-corrected chi connectivity index (χ0v) is 4.50. The van der Waals surface area contributed by atoms with Gasteiger partial charge in [0.15, 0.2) is 0 Å². The van der Waals surface area contributed by atoms with Gasteiger partial charge in [0.25, 0.3) is 0 Å². The minimum Gasteiger partial charge on any atom is -0.418 e. The van der Waals surface area contributed by atoms with Crippen LogP contribution in [0, 0.1) is 0 Å². The van der Waals surface area contributed by atoms with E-state index >= 15 is 0 Å². The molecule has 6 heteroatoms. The summed E-state index contributed by atoms with van der Waals surface area (Å²) in [7, 11) is -6.00. The minimum absolute atomic E-state index is 1.00. The average molecular weight is 133 g/mol. The summed E-state index contributed by atoms with van der Waals surface area (Å²) in [4.78, 5) is 0. The monoisotopic (exact) mass is 133 g/mol. The summed E-state index contributed by atoms with van der Waals surface area (Å²) in [6.07, 6.45) is 0. The maximum Gasteiger partial charge on any atom is 0.673 e. The summed E-state index contributed by atoms with van der Waals surface area (Å²) in [6, 6.07) is 0. The van der Waals surface area contributed by atoms with Gasteiger partial charge in [0.05, 0.1) is 6.54 Å². The summed E-state index contributed by atoms with van der Waals surface area (Å²) < 4.78 is 39.0. The van der Waals surface area contributed by atoms with E-state index in [4.69, 9.17) is 0 Å². The standard InChI is InChI=1S/C2H7N.BF4/c1-2-3;2-1(3,4)5/h2-3H2,1H3;/q;-1/p+1. The van der Waals surface area contributed by atoms with E-state index in [1.165, 1.54) is 0 Å². The lowest BCUT2D eigenvalue weighted by Gasteiger charge is -1.94. The quantitative estimate of drug-likeness (QED) is 0.369. The van der Waals surface area contributed by atoms with Crippen molar-refractivity contribution in [1.29, 1.82) is 0 Å². The van der Waals surface area contributed by atoms with Crippen LogP contribution in [0.3, 0.4) is 0 Å². The molecule has 3 N–H and O–H groups in total. The largest absolute Gasteiger partial charge is 0.673 e. The van der Waals surface area contributed by atoms with Gasteiger partial charge in [-0.2, -0.15) is 0 Å². The highest BCUT2D eigenvalue weighted by molar-refractivity contribution is 6.50. The van der Waals surface area contributed by atoms with E-state index in [1.54, 1.807) is 0 Å². The first kappa shape index (κ1) is 10.7. The lowest BCUT2D eigenvalue weighted by atomic mass is 10.3. The highest BCUT2D eigenvalue weighted by Gasteiger charge is 2.20. The van der Waals surface area contributed by atoms with Crippen LogP contribution in [0.5, 0.6) is 0 Å². The molecule has 0 unspecified atom stereocenters. The van der Waals surface area contributed by atoms with Crippen LogP contribution in [-0.4, -0.2) is 13.8 Å². The first-order valence-electron chi connectivity index (χ1n) is 2.08. The topological polar surface area (TPSA) is 27.6 Å². The maximum absolute atomic E-state index is 9.75. The third-order valence-electron chi connectivity index (χ3n) is 0. The van der Waals surface area contributed by atoms with Gasteiger partial charge in [-0.15, -0.1) is 0 Å². The summed E-state index contributed by atoms with van der Waals surface area (Å²) in [5.41, 5.74) is 3.49. The zero-order valence-electron chi connectivity index (χ0n) is 4.50. The van der Waals surface area contributed by atoms with E-state index in [0.717, 1.165) is 6.54 Å². The van der Waals surface area contributed by atoms with E-state index in [2.05, 4.69) is 5.73 Å². The van der Waals surface area contributed by atoms with Crippen LogP contribution in [0.2, 0.25) is 0 Å². The van der Waals surface area contributed by atoms with E-state index in [1.807, 2.05) is 6.92 Å². The number of halogens is 4. The average Bonchev–Trinajstić information content (AvgIpc) is 1.27. The Kier molecular flexibility index (Phi) is 6.53. The van der Waals surface area contributed by atoms with Crippen molar-refractivity contribution >= 4 is 7.25 Å². The van der Waals surface area contributed by atoms with E-state index in [-0.39, 0.29) is 0 Å². The normalized spacial score (nSPS) is 9.75. The van der Waals surface area contributed by atoms with Crippen molar-refractivity contribution in [3.8, 4) is 0 Å². The van der Waals surface area contributed by atoms with Crippen molar-refractivity contribution in [2.45, 2.75) is 6.92 Å². The molecule has 0 spiro atoms. The van der Waals surface area contributed by atoms with Crippen molar-refractivity contribution in [3.63, 3.8) is 0 Å². The molecule has 0 aromatic rings. The molecule has 0 aromatic heterocycles. The van der Waals surface area contributed by atoms with Gasteiger partial charge in [-0.1, -0.05) is 0 Å². The smallest absolute Gasteiger partial charge is 0.418 e. The Bertz CT molecular complexity index is 37.8. The second-order valence-electron chi connectivity index (χ2n) is 0.995. The molecule has 8 heavy (non-hydrogen) atoms. The van der Waals surface area contributed by atoms with Crippen LogP contribution in [0.1, 0.15) is 6.92 Å². The molecule has 0 aromatic carbocycles. The van der Waals surface area contributed by atoms with Crippen LogP contribution in [0.25, 0.3) is 0 Å². The highest BCUT2D eigenvalue weighted by Crippen LogP contribution is 2.06. The molecule has 0 saturated heterocycles. The summed E-state index contributed by atoms with van der Waals surface area (Å²) in [5.74, 6) is 0.